The molecule has 0 amide bonds. The lowest BCUT2D eigenvalue weighted by Crippen LogP contribution is -2.11. The van der Waals surface area contributed by atoms with Gasteiger partial charge in [-0.25, -0.2) is 4.98 Å². The summed E-state index contributed by atoms with van der Waals surface area (Å²) in [5.74, 6) is 0.627. The number of rotatable bonds is 5. The van der Waals surface area contributed by atoms with Crippen LogP contribution < -0.4 is 4.90 Å². The largest absolute Gasteiger partial charge is 0.456 e. The van der Waals surface area contributed by atoms with Crippen LogP contribution >= 0.6 is 0 Å². The summed E-state index contributed by atoms with van der Waals surface area (Å²) in [6.07, 6.45) is 0. The first-order valence-electron chi connectivity index (χ1n) is 17.9. The van der Waals surface area contributed by atoms with Crippen LogP contribution in [0.3, 0.4) is 0 Å². The Labute approximate surface area is 304 Å². The van der Waals surface area contributed by atoms with E-state index in [0.29, 0.717) is 5.89 Å². The Morgan fingerprint density at radius 2 is 1.04 bits per heavy atom. The fraction of sp³-hybridized carbons (Fsp3) is 0. The molecule has 4 heteroatoms. The van der Waals surface area contributed by atoms with Crippen LogP contribution in [0.5, 0.6) is 0 Å². The van der Waals surface area contributed by atoms with E-state index >= 15 is 0 Å². The van der Waals surface area contributed by atoms with Crippen LogP contribution in [0.25, 0.3) is 87.9 Å². The lowest BCUT2D eigenvalue weighted by Gasteiger charge is -2.28. The van der Waals surface area contributed by atoms with Gasteiger partial charge in [-0.2, -0.15) is 0 Å². The Morgan fingerprint density at radius 1 is 0.415 bits per heavy atom. The zero-order valence-electron chi connectivity index (χ0n) is 28.5. The topological polar surface area (TPSA) is 42.4 Å². The Balaban J connectivity index is 1.15. The number of oxazole rings is 1. The van der Waals surface area contributed by atoms with Crippen molar-refractivity contribution in [2.24, 2.45) is 0 Å². The molecule has 0 radical (unpaired) electrons. The summed E-state index contributed by atoms with van der Waals surface area (Å²) in [5.41, 5.74) is 9.80. The fourth-order valence-electron chi connectivity index (χ4n) is 7.99. The van der Waals surface area contributed by atoms with Gasteiger partial charge in [0.05, 0.1) is 5.69 Å². The van der Waals surface area contributed by atoms with Crippen LogP contribution in [0.4, 0.5) is 17.1 Å². The summed E-state index contributed by atoms with van der Waals surface area (Å²) >= 11 is 0. The van der Waals surface area contributed by atoms with E-state index in [1.165, 1.54) is 0 Å². The van der Waals surface area contributed by atoms with Gasteiger partial charge < -0.3 is 13.7 Å². The van der Waals surface area contributed by atoms with Gasteiger partial charge >= 0.3 is 0 Å². The Hall–Kier alpha value is -7.17. The van der Waals surface area contributed by atoms with E-state index in [2.05, 4.69) is 144 Å². The second-order valence-corrected chi connectivity index (χ2v) is 13.5. The number of para-hydroxylation sites is 2. The molecule has 0 unspecified atom stereocenters. The number of hydrogen-bond acceptors (Lipinski definition) is 4. The fourth-order valence-corrected chi connectivity index (χ4v) is 7.99. The summed E-state index contributed by atoms with van der Waals surface area (Å²) in [6, 6.07) is 63.9. The molecule has 2 aromatic heterocycles. The van der Waals surface area contributed by atoms with E-state index < -0.39 is 0 Å². The molecule has 0 aliphatic carbocycles. The van der Waals surface area contributed by atoms with Crippen molar-refractivity contribution in [3.05, 3.63) is 182 Å². The van der Waals surface area contributed by atoms with Crippen molar-refractivity contribution in [2.75, 3.05) is 4.90 Å². The molecule has 9 aromatic carbocycles. The average molecular weight is 679 g/mol. The predicted octanol–water partition coefficient (Wildman–Crippen LogP) is 14.0. The maximum Gasteiger partial charge on any atom is 0.227 e. The minimum Gasteiger partial charge on any atom is -0.456 e. The monoisotopic (exact) mass is 678 g/mol. The number of anilines is 3. The zero-order chi connectivity index (χ0) is 34.9. The Morgan fingerprint density at radius 3 is 1.87 bits per heavy atom. The molecule has 0 atom stereocenters. The highest BCUT2D eigenvalue weighted by atomic mass is 16.3. The zero-order valence-corrected chi connectivity index (χ0v) is 28.5. The van der Waals surface area contributed by atoms with E-state index in [-0.39, 0.29) is 0 Å². The SMILES string of the molecule is c1ccc(-c2nc3ccc4ccc5ccc6cc(N(c7ccc8c(c7)oc7ccccc78)c7ccccc7-c7ccccc7)ccc6c5c4c3o2)cc1. The summed E-state index contributed by atoms with van der Waals surface area (Å²) < 4.78 is 13.0. The predicted molar refractivity (Wildman–Crippen MR) is 219 cm³/mol. The molecule has 0 saturated carbocycles. The first-order chi connectivity index (χ1) is 26.3. The second-order valence-electron chi connectivity index (χ2n) is 13.5. The number of benzene rings is 9. The van der Waals surface area contributed by atoms with E-state index in [9.17, 15) is 0 Å². The van der Waals surface area contributed by atoms with Crippen LogP contribution in [0.1, 0.15) is 0 Å². The molecule has 11 rings (SSSR count). The maximum absolute atomic E-state index is 6.59. The van der Waals surface area contributed by atoms with Gasteiger partial charge in [0.25, 0.3) is 0 Å². The molecular formula is C49H30N2O2. The molecule has 2 heterocycles. The third-order valence-electron chi connectivity index (χ3n) is 10.4. The standard InChI is InChI=1S/C49H30N2O2/c1-3-11-31(12-4-1)38-15-7-9-17-43(38)51(37-25-27-41-40-16-8-10-18-44(40)52-45(41)30-37)36-24-26-39-35(29-36)22-21-32-19-20-33-23-28-42-48(47(33)46(32)39)53-49(50-42)34-13-5-2-6-14-34/h1-30H. The van der Waals surface area contributed by atoms with Crippen LogP contribution in [0.15, 0.2) is 191 Å². The van der Waals surface area contributed by atoms with Crippen LogP contribution in [0.2, 0.25) is 0 Å². The van der Waals surface area contributed by atoms with Crippen molar-refractivity contribution >= 4 is 82.4 Å². The van der Waals surface area contributed by atoms with Crippen LogP contribution in [-0.4, -0.2) is 4.98 Å². The smallest absolute Gasteiger partial charge is 0.227 e. The molecule has 4 nitrogen and oxygen atoms in total. The van der Waals surface area contributed by atoms with Crippen molar-refractivity contribution in [3.8, 4) is 22.6 Å². The normalized spacial score (nSPS) is 11.8. The van der Waals surface area contributed by atoms with Crippen molar-refractivity contribution in [2.45, 2.75) is 0 Å². The maximum atomic E-state index is 6.59. The Kier molecular flexibility index (Phi) is 6.52. The summed E-state index contributed by atoms with van der Waals surface area (Å²) in [4.78, 5) is 7.26. The van der Waals surface area contributed by atoms with E-state index in [0.717, 1.165) is 99.1 Å². The minimum absolute atomic E-state index is 0.627. The van der Waals surface area contributed by atoms with Crippen molar-refractivity contribution in [1.29, 1.82) is 0 Å². The summed E-state index contributed by atoms with van der Waals surface area (Å²) in [6.45, 7) is 0. The number of aromatic nitrogens is 1. The first-order valence-corrected chi connectivity index (χ1v) is 17.9. The molecule has 0 fully saturated rings. The summed E-state index contributed by atoms with van der Waals surface area (Å²) in [5, 5.41) is 9.03. The lowest BCUT2D eigenvalue weighted by atomic mass is 9.95. The molecule has 53 heavy (non-hydrogen) atoms. The Bertz CT molecular complexity index is 3180. The molecule has 0 aliphatic rings. The molecule has 0 N–H and O–H groups in total. The third-order valence-corrected chi connectivity index (χ3v) is 10.4. The van der Waals surface area contributed by atoms with Gasteiger partial charge in [0, 0.05) is 50.1 Å². The third kappa shape index (κ3) is 4.73. The van der Waals surface area contributed by atoms with Crippen molar-refractivity contribution in [1.82, 2.24) is 4.98 Å². The summed E-state index contributed by atoms with van der Waals surface area (Å²) in [7, 11) is 0. The highest BCUT2D eigenvalue weighted by molar-refractivity contribution is 6.26. The quantitative estimate of drug-likeness (QED) is 0.170. The van der Waals surface area contributed by atoms with Gasteiger partial charge in [-0.3, -0.25) is 0 Å². The molecule has 0 bridgehead atoms. The van der Waals surface area contributed by atoms with E-state index in [1.807, 2.05) is 42.5 Å². The van der Waals surface area contributed by atoms with Gasteiger partial charge in [-0.05, 0) is 81.7 Å². The van der Waals surface area contributed by atoms with E-state index in [1.54, 1.807) is 0 Å². The molecule has 248 valence electrons. The molecule has 0 spiro atoms. The van der Waals surface area contributed by atoms with Gasteiger partial charge in [0.2, 0.25) is 5.89 Å². The number of nitrogens with zero attached hydrogens (tertiary/aromatic N) is 2. The molecule has 11 aromatic rings. The highest BCUT2D eigenvalue weighted by Gasteiger charge is 2.20. The van der Waals surface area contributed by atoms with Crippen LogP contribution in [0, 0.1) is 0 Å². The minimum atomic E-state index is 0.627. The molecule has 0 saturated heterocycles. The van der Waals surface area contributed by atoms with Crippen molar-refractivity contribution in [3.63, 3.8) is 0 Å². The van der Waals surface area contributed by atoms with Crippen molar-refractivity contribution < 1.29 is 8.83 Å². The van der Waals surface area contributed by atoms with E-state index in [4.69, 9.17) is 13.8 Å². The average Bonchev–Trinajstić information content (AvgIpc) is 3.83. The number of furan rings is 1. The first kappa shape index (κ1) is 29.5. The van der Waals surface area contributed by atoms with Gasteiger partial charge in [-0.1, -0.05) is 121 Å². The van der Waals surface area contributed by atoms with Gasteiger partial charge in [-0.15, -0.1) is 0 Å². The highest BCUT2D eigenvalue weighted by Crippen LogP contribution is 2.45. The number of fused-ring (bicyclic) bond motifs is 10. The lowest BCUT2D eigenvalue weighted by molar-refractivity contribution is 0.623. The van der Waals surface area contributed by atoms with Gasteiger partial charge in [0.1, 0.15) is 16.7 Å². The van der Waals surface area contributed by atoms with Gasteiger partial charge in [0.15, 0.2) is 5.58 Å². The number of hydrogen-bond donors (Lipinski definition) is 0. The molecule has 0 aliphatic heterocycles. The molecular weight excluding hydrogens is 649 g/mol. The second kappa shape index (κ2) is 11.7. The van der Waals surface area contributed by atoms with Crippen LogP contribution in [-0.2, 0) is 0 Å².